The molecule has 1 aromatic carbocycles. The zero-order valence-corrected chi connectivity index (χ0v) is 17.4. The number of H-pyrrole nitrogens is 1. The van der Waals surface area contributed by atoms with Crippen LogP contribution >= 0.6 is 22.9 Å². The van der Waals surface area contributed by atoms with E-state index in [-0.39, 0.29) is 10.8 Å². The number of hydrogen-bond acceptors (Lipinski definition) is 6. The molecular weight excluding hydrogens is 443 g/mol. The maximum Gasteiger partial charge on any atom is 0.333 e. The molecule has 31 heavy (non-hydrogen) atoms. The molecule has 0 amide bonds. The van der Waals surface area contributed by atoms with Crippen LogP contribution in [-0.2, 0) is 0 Å². The van der Waals surface area contributed by atoms with Crippen LogP contribution in [0.15, 0.2) is 58.6 Å². The van der Waals surface area contributed by atoms with Crippen LogP contribution < -0.4 is 16.0 Å². The summed E-state index contributed by atoms with van der Waals surface area (Å²) in [4.78, 5) is 37.7. The number of nitrogens with one attached hydrogen (secondary N) is 1. The number of aromatic amines is 1. The molecule has 0 fully saturated rings. The van der Waals surface area contributed by atoms with Gasteiger partial charge in [0.05, 0.1) is 29.5 Å². The molecule has 0 aliphatic carbocycles. The van der Waals surface area contributed by atoms with Crippen LogP contribution in [0.25, 0.3) is 37.1 Å². The van der Waals surface area contributed by atoms with E-state index in [1.807, 2.05) is 0 Å². The summed E-state index contributed by atoms with van der Waals surface area (Å²) >= 11 is 7.36. The first-order valence-corrected chi connectivity index (χ1v) is 10.2. The van der Waals surface area contributed by atoms with Gasteiger partial charge in [0.15, 0.2) is 11.6 Å². The van der Waals surface area contributed by atoms with Gasteiger partial charge in [-0.3, -0.25) is 14.8 Å². The molecule has 0 radical (unpaired) electrons. The number of rotatable bonds is 3. The molecule has 4 heterocycles. The van der Waals surface area contributed by atoms with E-state index in [4.69, 9.17) is 16.3 Å². The van der Waals surface area contributed by atoms with Crippen molar-refractivity contribution in [2.24, 2.45) is 0 Å². The molecule has 0 saturated heterocycles. The van der Waals surface area contributed by atoms with Gasteiger partial charge >= 0.3 is 5.69 Å². The molecular formula is C21H12ClFN4O3S. The minimum Gasteiger partial charge on any atom is -0.494 e. The maximum absolute atomic E-state index is 13.9. The van der Waals surface area contributed by atoms with Crippen molar-refractivity contribution in [1.29, 1.82) is 0 Å². The lowest BCUT2D eigenvalue weighted by atomic mass is 10.1. The average Bonchev–Trinajstić information content (AvgIpc) is 3.18. The second-order valence-electron chi connectivity index (χ2n) is 6.65. The second kappa shape index (κ2) is 7.29. The predicted molar refractivity (Wildman–Crippen MR) is 118 cm³/mol. The van der Waals surface area contributed by atoms with Crippen LogP contribution in [0.1, 0.15) is 0 Å². The van der Waals surface area contributed by atoms with Crippen molar-refractivity contribution in [2.45, 2.75) is 0 Å². The standard InChI is InChI=1S/C21H12ClFN4O3S/c1-30-17-4-11(13(22)5-14(17)23)18-6-15-19(31-18)20(28)27(21(29)26-15)16-9-25-7-10-2-3-24-8-12(10)16/h2-9H,1H3,(H,26,29). The zero-order chi connectivity index (χ0) is 21.7. The summed E-state index contributed by atoms with van der Waals surface area (Å²) in [5.74, 6) is -0.567. The Labute approximate surface area is 182 Å². The number of thiophene rings is 1. The van der Waals surface area contributed by atoms with Crippen LogP contribution in [0.4, 0.5) is 4.39 Å². The number of halogens is 2. The van der Waals surface area contributed by atoms with E-state index in [1.54, 1.807) is 30.7 Å². The Kier molecular flexibility index (Phi) is 4.57. The van der Waals surface area contributed by atoms with Gasteiger partial charge in [-0.2, -0.15) is 0 Å². The van der Waals surface area contributed by atoms with Crippen molar-refractivity contribution in [2.75, 3.05) is 7.11 Å². The zero-order valence-electron chi connectivity index (χ0n) is 15.8. The number of ether oxygens (including phenoxy) is 1. The highest BCUT2D eigenvalue weighted by atomic mass is 35.5. The van der Waals surface area contributed by atoms with Gasteiger partial charge in [-0.05, 0) is 24.3 Å². The topological polar surface area (TPSA) is 89.9 Å². The summed E-state index contributed by atoms with van der Waals surface area (Å²) in [6, 6.07) is 5.99. The molecule has 0 atom stereocenters. The van der Waals surface area contributed by atoms with Crippen molar-refractivity contribution < 1.29 is 9.13 Å². The van der Waals surface area contributed by atoms with Crippen molar-refractivity contribution in [3.05, 3.63) is 80.7 Å². The molecule has 154 valence electrons. The molecule has 0 spiro atoms. The number of methoxy groups -OCH3 is 1. The molecule has 0 aliphatic heterocycles. The molecule has 4 aromatic heterocycles. The van der Waals surface area contributed by atoms with Gasteiger partial charge in [0.1, 0.15) is 4.70 Å². The van der Waals surface area contributed by atoms with Gasteiger partial charge < -0.3 is 9.72 Å². The van der Waals surface area contributed by atoms with Gasteiger partial charge in [-0.1, -0.05) is 11.6 Å². The van der Waals surface area contributed by atoms with E-state index in [9.17, 15) is 14.0 Å². The number of nitrogens with zero attached hydrogens (tertiary/aromatic N) is 3. The highest BCUT2D eigenvalue weighted by molar-refractivity contribution is 7.22. The van der Waals surface area contributed by atoms with Crippen molar-refractivity contribution in [3.8, 4) is 21.9 Å². The lowest BCUT2D eigenvalue weighted by Gasteiger charge is -2.07. The second-order valence-corrected chi connectivity index (χ2v) is 8.11. The minimum absolute atomic E-state index is 0.0251. The Morgan fingerprint density at radius 3 is 2.81 bits per heavy atom. The lowest BCUT2D eigenvalue weighted by molar-refractivity contribution is 0.387. The van der Waals surface area contributed by atoms with Crippen LogP contribution in [0, 0.1) is 5.82 Å². The summed E-state index contributed by atoms with van der Waals surface area (Å²) < 4.78 is 20.3. The Morgan fingerprint density at radius 1 is 1.16 bits per heavy atom. The highest BCUT2D eigenvalue weighted by Gasteiger charge is 2.18. The van der Waals surface area contributed by atoms with Crippen LogP contribution in [-0.4, -0.2) is 26.6 Å². The SMILES string of the molecule is COc1cc(-c2cc3[nH]c(=O)n(-c4cncc5ccncc45)c(=O)c3s2)c(Cl)cc1F. The van der Waals surface area contributed by atoms with Crippen LogP contribution in [0.3, 0.4) is 0 Å². The fourth-order valence-electron chi connectivity index (χ4n) is 3.40. The molecule has 5 rings (SSSR count). The predicted octanol–water partition coefficient (Wildman–Crippen LogP) is 4.15. The summed E-state index contributed by atoms with van der Waals surface area (Å²) in [7, 11) is 1.35. The fraction of sp³-hybridized carbons (Fsp3) is 0.0476. The number of fused-ring (bicyclic) bond motifs is 2. The number of pyridine rings is 2. The molecule has 10 heteroatoms. The fourth-order valence-corrected chi connectivity index (χ4v) is 4.78. The summed E-state index contributed by atoms with van der Waals surface area (Å²) in [6.07, 6.45) is 6.26. The molecule has 0 unspecified atom stereocenters. The first kappa shape index (κ1) is 19.4. The van der Waals surface area contributed by atoms with E-state index < -0.39 is 17.1 Å². The van der Waals surface area contributed by atoms with E-state index >= 15 is 0 Å². The van der Waals surface area contributed by atoms with Gasteiger partial charge in [-0.25, -0.2) is 13.8 Å². The quantitative estimate of drug-likeness (QED) is 0.442. The molecule has 5 aromatic rings. The monoisotopic (exact) mass is 454 g/mol. The van der Waals surface area contributed by atoms with Crippen molar-refractivity contribution >= 4 is 43.9 Å². The Morgan fingerprint density at radius 2 is 2.00 bits per heavy atom. The largest absolute Gasteiger partial charge is 0.494 e. The number of benzene rings is 1. The third-order valence-corrected chi connectivity index (χ3v) is 6.33. The minimum atomic E-state index is -0.609. The van der Waals surface area contributed by atoms with Gasteiger partial charge in [0.2, 0.25) is 0 Å². The molecule has 7 nitrogen and oxygen atoms in total. The average molecular weight is 455 g/mol. The first-order chi connectivity index (χ1) is 15.0. The molecule has 0 saturated carbocycles. The number of hydrogen-bond donors (Lipinski definition) is 1. The highest BCUT2D eigenvalue weighted by Crippen LogP contribution is 2.38. The van der Waals surface area contributed by atoms with Gasteiger partial charge in [0.25, 0.3) is 5.56 Å². The lowest BCUT2D eigenvalue weighted by Crippen LogP contribution is -2.33. The molecule has 0 aliphatic rings. The Bertz CT molecular complexity index is 1600. The Hall–Kier alpha value is -3.56. The molecule has 1 N–H and O–H groups in total. The van der Waals surface area contributed by atoms with Crippen LogP contribution in [0.2, 0.25) is 5.02 Å². The van der Waals surface area contributed by atoms with E-state index in [0.29, 0.717) is 31.7 Å². The number of aromatic nitrogens is 4. The normalized spacial score (nSPS) is 11.3. The van der Waals surface area contributed by atoms with Crippen LogP contribution in [0.5, 0.6) is 5.75 Å². The van der Waals surface area contributed by atoms with Gasteiger partial charge in [0, 0.05) is 39.8 Å². The van der Waals surface area contributed by atoms with Crippen molar-refractivity contribution in [3.63, 3.8) is 0 Å². The van der Waals surface area contributed by atoms with Gasteiger partial charge in [-0.15, -0.1) is 11.3 Å². The maximum atomic E-state index is 13.9. The van der Waals surface area contributed by atoms with E-state index in [2.05, 4.69) is 15.0 Å². The smallest absolute Gasteiger partial charge is 0.333 e. The van der Waals surface area contributed by atoms with E-state index in [1.165, 1.54) is 19.4 Å². The Balaban J connectivity index is 1.77. The first-order valence-electron chi connectivity index (χ1n) is 8.98. The van der Waals surface area contributed by atoms with E-state index in [0.717, 1.165) is 27.4 Å². The summed E-state index contributed by atoms with van der Waals surface area (Å²) in [5.41, 5.74) is 0.0668. The molecule has 0 bridgehead atoms. The van der Waals surface area contributed by atoms with Crippen molar-refractivity contribution in [1.82, 2.24) is 19.5 Å². The third-order valence-electron chi connectivity index (χ3n) is 4.86. The third kappa shape index (κ3) is 3.09. The summed E-state index contributed by atoms with van der Waals surface area (Å²) in [6.45, 7) is 0. The summed E-state index contributed by atoms with van der Waals surface area (Å²) in [5, 5.41) is 1.53.